The lowest BCUT2D eigenvalue weighted by molar-refractivity contribution is 0.0697. The molecular formula is C23H21N5O3. The smallest absolute Gasteiger partial charge is 0.335 e. The highest BCUT2D eigenvalue weighted by Gasteiger charge is 2.16. The second-order valence-electron chi connectivity index (χ2n) is 7.27. The first-order valence-corrected chi connectivity index (χ1v) is 10.0. The molecule has 8 heteroatoms. The summed E-state index contributed by atoms with van der Waals surface area (Å²) in [6.45, 7) is 3.24. The van der Waals surface area contributed by atoms with Crippen LogP contribution in [0.3, 0.4) is 0 Å². The Morgan fingerprint density at radius 3 is 2.68 bits per heavy atom. The van der Waals surface area contributed by atoms with Crippen LogP contribution in [0.4, 0.5) is 17.2 Å². The van der Waals surface area contributed by atoms with Gasteiger partial charge in [0.25, 0.3) is 0 Å². The Morgan fingerprint density at radius 2 is 1.90 bits per heavy atom. The first kappa shape index (κ1) is 19.1. The van der Waals surface area contributed by atoms with Crippen LogP contribution in [0.25, 0.3) is 16.9 Å². The Labute approximate surface area is 178 Å². The van der Waals surface area contributed by atoms with Crippen LogP contribution in [-0.4, -0.2) is 51.7 Å². The molecule has 0 amide bonds. The fourth-order valence-electron chi connectivity index (χ4n) is 3.75. The maximum Gasteiger partial charge on any atom is 0.335 e. The fraction of sp³-hybridized carbons (Fsp3) is 0.174. The van der Waals surface area contributed by atoms with E-state index in [0.717, 1.165) is 49.1 Å². The third kappa shape index (κ3) is 3.80. The van der Waals surface area contributed by atoms with Crippen LogP contribution >= 0.6 is 0 Å². The van der Waals surface area contributed by atoms with Crippen LogP contribution in [0, 0.1) is 0 Å². The van der Waals surface area contributed by atoms with Gasteiger partial charge in [0, 0.05) is 42.4 Å². The molecule has 4 aromatic rings. The molecule has 1 aliphatic heterocycles. The van der Waals surface area contributed by atoms with Gasteiger partial charge in [0.1, 0.15) is 11.5 Å². The van der Waals surface area contributed by atoms with Crippen molar-refractivity contribution < 1.29 is 14.6 Å². The van der Waals surface area contributed by atoms with E-state index in [1.54, 1.807) is 30.6 Å². The van der Waals surface area contributed by atoms with Gasteiger partial charge in [-0.2, -0.15) is 0 Å². The van der Waals surface area contributed by atoms with Crippen LogP contribution in [0.15, 0.2) is 67.1 Å². The van der Waals surface area contributed by atoms with Crippen molar-refractivity contribution in [2.75, 3.05) is 36.5 Å². The summed E-state index contributed by atoms with van der Waals surface area (Å²) >= 11 is 0. The molecule has 0 spiro atoms. The fourth-order valence-corrected chi connectivity index (χ4v) is 3.75. The summed E-state index contributed by atoms with van der Waals surface area (Å²) in [4.78, 5) is 22.6. The highest BCUT2D eigenvalue weighted by atomic mass is 16.5. The number of nitrogens with one attached hydrogen (secondary N) is 1. The third-order valence-corrected chi connectivity index (χ3v) is 5.32. The Balaban J connectivity index is 1.53. The molecule has 0 radical (unpaired) electrons. The molecule has 0 aliphatic carbocycles. The molecule has 2 aromatic heterocycles. The Hall–Kier alpha value is -3.91. The number of nitrogens with zero attached hydrogens (tertiary/aromatic N) is 4. The van der Waals surface area contributed by atoms with Gasteiger partial charge in [0.15, 0.2) is 5.65 Å². The van der Waals surface area contributed by atoms with Crippen molar-refractivity contribution >= 4 is 28.8 Å². The molecule has 0 saturated carbocycles. The maximum absolute atomic E-state index is 11.4. The number of fused-ring (bicyclic) bond motifs is 1. The monoisotopic (exact) mass is 415 g/mol. The van der Waals surface area contributed by atoms with Gasteiger partial charge in [-0.25, -0.2) is 9.78 Å². The average molecular weight is 415 g/mol. The molecule has 0 bridgehead atoms. The van der Waals surface area contributed by atoms with Crippen LogP contribution in [0.5, 0.6) is 0 Å². The normalized spacial score (nSPS) is 14.0. The molecule has 0 unspecified atom stereocenters. The number of hydrogen-bond donors (Lipinski definition) is 2. The lowest BCUT2D eigenvalue weighted by Crippen LogP contribution is -2.36. The van der Waals surface area contributed by atoms with Gasteiger partial charge in [0.2, 0.25) is 0 Å². The highest BCUT2D eigenvalue weighted by Crippen LogP contribution is 2.32. The number of benzene rings is 2. The Bertz CT molecular complexity index is 1230. The van der Waals surface area contributed by atoms with Crippen LogP contribution in [-0.2, 0) is 4.74 Å². The predicted molar refractivity (Wildman–Crippen MR) is 118 cm³/mol. The van der Waals surface area contributed by atoms with Crippen molar-refractivity contribution in [2.24, 2.45) is 0 Å². The number of anilines is 3. The van der Waals surface area contributed by atoms with Crippen LogP contribution in [0.1, 0.15) is 10.4 Å². The van der Waals surface area contributed by atoms with E-state index in [9.17, 15) is 9.90 Å². The van der Waals surface area contributed by atoms with Crippen LogP contribution in [0.2, 0.25) is 0 Å². The lowest BCUT2D eigenvalue weighted by Gasteiger charge is -2.28. The number of aromatic carboxylic acids is 1. The predicted octanol–water partition coefficient (Wildman–Crippen LogP) is 3.67. The number of rotatable bonds is 5. The van der Waals surface area contributed by atoms with Crippen molar-refractivity contribution in [2.45, 2.75) is 0 Å². The summed E-state index contributed by atoms with van der Waals surface area (Å²) in [7, 11) is 0. The quantitative estimate of drug-likeness (QED) is 0.514. The molecule has 1 saturated heterocycles. The highest BCUT2D eigenvalue weighted by molar-refractivity contribution is 5.89. The summed E-state index contributed by atoms with van der Waals surface area (Å²) in [6, 6.07) is 15.0. The molecule has 1 aliphatic rings. The number of imidazole rings is 1. The first-order chi connectivity index (χ1) is 15.2. The third-order valence-electron chi connectivity index (χ3n) is 5.32. The molecular weight excluding hydrogens is 394 g/mol. The number of carboxylic acids is 1. The number of carboxylic acid groups (broad SMARTS) is 1. The van der Waals surface area contributed by atoms with Gasteiger partial charge in [-0.3, -0.25) is 9.38 Å². The minimum Gasteiger partial charge on any atom is -0.478 e. The first-order valence-electron chi connectivity index (χ1n) is 10.0. The van der Waals surface area contributed by atoms with Crippen molar-refractivity contribution in [1.82, 2.24) is 14.4 Å². The minimum absolute atomic E-state index is 0.219. The van der Waals surface area contributed by atoms with Crippen molar-refractivity contribution in [3.05, 3.63) is 72.7 Å². The Morgan fingerprint density at radius 1 is 1.10 bits per heavy atom. The molecule has 1 fully saturated rings. The number of morpholine rings is 1. The van der Waals surface area contributed by atoms with Gasteiger partial charge in [-0.15, -0.1) is 0 Å². The average Bonchev–Trinajstić information content (AvgIpc) is 3.18. The SMILES string of the molecule is O=C(O)c1cccc(Nc2c(-c3ccc(N4CCOCC4)cc3)nc3cnccn23)c1. The lowest BCUT2D eigenvalue weighted by atomic mass is 10.1. The summed E-state index contributed by atoms with van der Waals surface area (Å²) in [5.41, 5.74) is 4.47. The number of carbonyl (C=O) groups is 1. The summed E-state index contributed by atoms with van der Waals surface area (Å²) in [5.74, 6) is -0.219. The molecule has 8 nitrogen and oxygen atoms in total. The summed E-state index contributed by atoms with van der Waals surface area (Å²) in [5, 5.41) is 12.7. The summed E-state index contributed by atoms with van der Waals surface area (Å²) in [6.07, 6.45) is 5.22. The van der Waals surface area contributed by atoms with E-state index in [1.807, 2.05) is 16.7 Å². The van der Waals surface area contributed by atoms with E-state index >= 15 is 0 Å². The van der Waals surface area contributed by atoms with Crippen molar-refractivity contribution in [1.29, 1.82) is 0 Å². The van der Waals surface area contributed by atoms with E-state index in [1.165, 1.54) is 0 Å². The molecule has 2 aromatic carbocycles. The van der Waals surface area contributed by atoms with E-state index in [-0.39, 0.29) is 5.56 Å². The number of ether oxygens (including phenoxy) is 1. The number of hydrogen-bond acceptors (Lipinski definition) is 6. The van der Waals surface area contributed by atoms with Gasteiger partial charge < -0.3 is 20.1 Å². The second kappa shape index (κ2) is 8.08. The van der Waals surface area contributed by atoms with Crippen molar-refractivity contribution in [3.63, 3.8) is 0 Å². The van der Waals surface area contributed by atoms with Gasteiger partial charge in [-0.05, 0) is 30.3 Å². The minimum atomic E-state index is -0.968. The molecule has 31 heavy (non-hydrogen) atoms. The van der Waals surface area contributed by atoms with Crippen LogP contribution < -0.4 is 10.2 Å². The Kier molecular flexibility index (Phi) is 4.97. The van der Waals surface area contributed by atoms with E-state index < -0.39 is 5.97 Å². The van der Waals surface area contributed by atoms with E-state index in [4.69, 9.17) is 9.72 Å². The zero-order chi connectivity index (χ0) is 21.2. The zero-order valence-electron chi connectivity index (χ0n) is 16.7. The van der Waals surface area contributed by atoms with E-state index in [0.29, 0.717) is 11.3 Å². The van der Waals surface area contributed by atoms with Gasteiger partial charge >= 0.3 is 5.97 Å². The molecule has 156 valence electrons. The van der Waals surface area contributed by atoms with Gasteiger partial charge in [0.05, 0.1) is 25.0 Å². The topological polar surface area (TPSA) is 92.0 Å². The van der Waals surface area contributed by atoms with Gasteiger partial charge in [-0.1, -0.05) is 18.2 Å². The molecule has 0 atom stereocenters. The largest absolute Gasteiger partial charge is 0.478 e. The standard InChI is InChI=1S/C23H21N5O3/c29-23(30)17-2-1-3-18(14-17)25-22-21(26-20-15-24-8-9-28(20)22)16-4-6-19(7-5-16)27-10-12-31-13-11-27/h1-9,14-15,25H,10-13H2,(H,29,30). The molecule has 5 rings (SSSR count). The number of aromatic nitrogens is 3. The van der Waals surface area contributed by atoms with E-state index in [2.05, 4.69) is 39.5 Å². The second-order valence-corrected chi connectivity index (χ2v) is 7.27. The molecule has 3 heterocycles. The molecule has 2 N–H and O–H groups in total. The summed E-state index contributed by atoms with van der Waals surface area (Å²) < 4.78 is 7.35. The zero-order valence-corrected chi connectivity index (χ0v) is 16.7. The van der Waals surface area contributed by atoms with Crippen molar-refractivity contribution in [3.8, 4) is 11.3 Å². The maximum atomic E-state index is 11.4.